The van der Waals surface area contributed by atoms with Gasteiger partial charge < -0.3 is 9.73 Å². The first-order valence-corrected chi connectivity index (χ1v) is 11.9. The highest BCUT2D eigenvalue weighted by molar-refractivity contribution is 9.10. The van der Waals surface area contributed by atoms with Crippen LogP contribution in [0.3, 0.4) is 0 Å². The van der Waals surface area contributed by atoms with Gasteiger partial charge in [-0.15, -0.1) is 11.3 Å². The number of benzene rings is 2. The van der Waals surface area contributed by atoms with Crippen molar-refractivity contribution in [2.75, 3.05) is 5.32 Å². The zero-order valence-corrected chi connectivity index (χ0v) is 19.4. The Balaban J connectivity index is 1.69. The summed E-state index contributed by atoms with van der Waals surface area (Å²) in [4.78, 5) is 19.1. The van der Waals surface area contributed by atoms with Gasteiger partial charge in [0.25, 0.3) is 5.91 Å². The summed E-state index contributed by atoms with van der Waals surface area (Å²) in [6.45, 7) is 0. The number of para-hydroxylation sites is 1. The van der Waals surface area contributed by atoms with Crippen molar-refractivity contribution in [3.8, 4) is 6.07 Å². The molecule has 1 amide bonds. The van der Waals surface area contributed by atoms with Gasteiger partial charge in [-0.25, -0.2) is 4.99 Å². The van der Waals surface area contributed by atoms with E-state index in [-0.39, 0.29) is 11.5 Å². The molecule has 0 saturated heterocycles. The SMILES string of the molecule is N#Cc1c(N=c2oc3ccc(Br)cc3cc2C(=O)Nc2ccccc2)sc2c1CCCC2. The van der Waals surface area contributed by atoms with Gasteiger partial charge in [0.2, 0.25) is 5.55 Å². The summed E-state index contributed by atoms with van der Waals surface area (Å²) in [5, 5.41) is 14.1. The fourth-order valence-electron chi connectivity index (χ4n) is 3.90. The monoisotopic (exact) mass is 503 g/mol. The summed E-state index contributed by atoms with van der Waals surface area (Å²) < 4.78 is 6.98. The van der Waals surface area contributed by atoms with Crippen LogP contribution in [0.2, 0.25) is 0 Å². The zero-order chi connectivity index (χ0) is 22.1. The highest BCUT2D eigenvalue weighted by Crippen LogP contribution is 2.39. The molecule has 0 unspecified atom stereocenters. The fourth-order valence-corrected chi connectivity index (χ4v) is 5.49. The minimum absolute atomic E-state index is 0.198. The molecule has 1 aliphatic carbocycles. The van der Waals surface area contributed by atoms with Crippen LogP contribution in [-0.2, 0) is 12.8 Å². The van der Waals surface area contributed by atoms with Crippen LogP contribution in [-0.4, -0.2) is 5.91 Å². The normalized spacial score (nSPS) is 13.6. The van der Waals surface area contributed by atoms with E-state index in [2.05, 4.69) is 27.3 Å². The molecule has 5 nitrogen and oxygen atoms in total. The van der Waals surface area contributed by atoms with E-state index < -0.39 is 0 Å². The molecule has 4 aromatic rings. The number of aryl methyl sites for hydroxylation is 1. The lowest BCUT2D eigenvalue weighted by Gasteiger charge is -2.09. The van der Waals surface area contributed by atoms with Crippen LogP contribution in [0, 0.1) is 11.3 Å². The van der Waals surface area contributed by atoms with Gasteiger partial charge in [-0.2, -0.15) is 5.26 Å². The summed E-state index contributed by atoms with van der Waals surface area (Å²) in [7, 11) is 0. The number of hydrogen-bond donors (Lipinski definition) is 1. The number of amides is 1. The molecule has 1 aliphatic rings. The number of nitrogens with zero attached hydrogens (tertiary/aromatic N) is 2. The quantitative estimate of drug-likeness (QED) is 0.346. The molecule has 0 saturated carbocycles. The molecule has 2 aromatic carbocycles. The predicted octanol–water partition coefficient (Wildman–Crippen LogP) is 6.49. The number of rotatable bonds is 3. The highest BCUT2D eigenvalue weighted by Gasteiger charge is 2.21. The summed E-state index contributed by atoms with van der Waals surface area (Å²) in [5.74, 6) is -0.319. The Morgan fingerprint density at radius 1 is 1.12 bits per heavy atom. The van der Waals surface area contributed by atoms with Gasteiger partial charge in [0.15, 0.2) is 0 Å². The molecular formula is C25H18BrN3O2S. The molecule has 7 heteroatoms. The number of carbonyl (C=O) groups excluding carboxylic acids is 1. The molecule has 0 spiro atoms. The molecule has 0 bridgehead atoms. The van der Waals surface area contributed by atoms with E-state index in [1.54, 1.807) is 6.07 Å². The molecular weight excluding hydrogens is 486 g/mol. The second kappa shape index (κ2) is 8.73. The second-order valence-corrected chi connectivity index (χ2v) is 9.58. The Kier molecular flexibility index (Phi) is 5.64. The van der Waals surface area contributed by atoms with E-state index in [1.165, 1.54) is 16.2 Å². The van der Waals surface area contributed by atoms with Gasteiger partial charge >= 0.3 is 0 Å². The fraction of sp³-hybridized carbons (Fsp3) is 0.160. The third-order valence-electron chi connectivity index (χ3n) is 5.45. The first kappa shape index (κ1) is 20.7. The number of anilines is 1. The van der Waals surface area contributed by atoms with Gasteiger partial charge in [-0.1, -0.05) is 34.1 Å². The molecule has 1 N–H and O–H groups in total. The standard InChI is InChI=1S/C25H18BrN3O2S/c26-16-10-11-21-15(12-16)13-19(23(30)28-17-6-2-1-3-7-17)24(31-21)29-25-20(14-27)18-8-4-5-9-22(18)32-25/h1-3,6-7,10-13H,4-5,8-9H2,(H,28,30). The summed E-state index contributed by atoms with van der Waals surface area (Å²) in [5.41, 5.74) is 3.51. The van der Waals surface area contributed by atoms with Crippen LogP contribution in [0.4, 0.5) is 10.7 Å². The maximum atomic E-state index is 13.2. The topological polar surface area (TPSA) is 78.4 Å². The summed E-state index contributed by atoms with van der Waals surface area (Å²) in [6, 6.07) is 19.0. The first-order chi connectivity index (χ1) is 15.6. The zero-order valence-electron chi connectivity index (χ0n) is 17.0. The summed E-state index contributed by atoms with van der Waals surface area (Å²) in [6.07, 6.45) is 4.07. The van der Waals surface area contributed by atoms with Crippen molar-refractivity contribution in [3.63, 3.8) is 0 Å². The van der Waals surface area contributed by atoms with Crippen molar-refractivity contribution in [2.24, 2.45) is 4.99 Å². The van der Waals surface area contributed by atoms with Crippen LogP contribution < -0.4 is 10.9 Å². The van der Waals surface area contributed by atoms with Crippen LogP contribution in [0.15, 0.2) is 68.5 Å². The highest BCUT2D eigenvalue weighted by atomic mass is 79.9. The van der Waals surface area contributed by atoms with Crippen molar-refractivity contribution >= 4 is 54.8 Å². The van der Waals surface area contributed by atoms with E-state index in [9.17, 15) is 10.1 Å². The largest absolute Gasteiger partial charge is 0.437 e. The minimum atomic E-state index is -0.319. The number of nitrogens with one attached hydrogen (secondary N) is 1. The number of carbonyl (C=O) groups is 1. The second-order valence-electron chi connectivity index (χ2n) is 7.58. The lowest BCUT2D eigenvalue weighted by molar-refractivity contribution is 0.102. The molecule has 0 fully saturated rings. The number of halogens is 1. The van der Waals surface area contributed by atoms with Crippen molar-refractivity contribution < 1.29 is 9.21 Å². The van der Waals surface area contributed by atoms with Gasteiger partial charge in [0.05, 0.1) is 5.56 Å². The molecule has 0 atom stereocenters. The number of fused-ring (bicyclic) bond motifs is 2. The average molecular weight is 504 g/mol. The molecule has 5 rings (SSSR count). The van der Waals surface area contributed by atoms with Crippen molar-refractivity contribution in [1.82, 2.24) is 0 Å². The van der Waals surface area contributed by atoms with E-state index in [4.69, 9.17) is 9.41 Å². The van der Waals surface area contributed by atoms with Crippen LogP contribution in [0.1, 0.15) is 39.2 Å². The maximum absolute atomic E-state index is 13.2. The van der Waals surface area contributed by atoms with Crippen molar-refractivity contribution in [1.29, 1.82) is 5.26 Å². The number of thiophene rings is 1. The van der Waals surface area contributed by atoms with Gasteiger partial charge in [-0.05, 0) is 67.6 Å². The lowest BCUT2D eigenvalue weighted by Crippen LogP contribution is -2.21. The Bertz CT molecular complexity index is 1450. The molecule has 2 aromatic heterocycles. The van der Waals surface area contributed by atoms with E-state index in [0.29, 0.717) is 27.4 Å². The van der Waals surface area contributed by atoms with E-state index >= 15 is 0 Å². The summed E-state index contributed by atoms with van der Waals surface area (Å²) >= 11 is 5.00. The van der Waals surface area contributed by atoms with E-state index in [0.717, 1.165) is 41.1 Å². The van der Waals surface area contributed by atoms with Crippen LogP contribution >= 0.6 is 27.3 Å². The van der Waals surface area contributed by atoms with E-state index in [1.807, 2.05) is 48.5 Å². The predicted molar refractivity (Wildman–Crippen MR) is 129 cm³/mol. The lowest BCUT2D eigenvalue weighted by atomic mass is 9.96. The third-order valence-corrected chi connectivity index (χ3v) is 7.13. The molecule has 158 valence electrons. The average Bonchev–Trinajstić information content (AvgIpc) is 3.16. The number of hydrogen-bond acceptors (Lipinski definition) is 5. The first-order valence-electron chi connectivity index (χ1n) is 10.3. The Morgan fingerprint density at radius 3 is 2.75 bits per heavy atom. The van der Waals surface area contributed by atoms with Gasteiger partial charge in [-0.3, -0.25) is 4.79 Å². The Morgan fingerprint density at radius 2 is 1.94 bits per heavy atom. The Labute approximate surface area is 197 Å². The third kappa shape index (κ3) is 3.99. The number of nitriles is 1. The Hall–Kier alpha value is -3.21. The molecule has 32 heavy (non-hydrogen) atoms. The maximum Gasteiger partial charge on any atom is 0.261 e. The smallest absolute Gasteiger partial charge is 0.261 e. The van der Waals surface area contributed by atoms with Crippen LogP contribution in [0.5, 0.6) is 0 Å². The van der Waals surface area contributed by atoms with Gasteiger partial charge in [0, 0.05) is 20.4 Å². The van der Waals surface area contributed by atoms with Crippen molar-refractivity contribution in [3.05, 3.63) is 86.2 Å². The molecule has 0 aliphatic heterocycles. The van der Waals surface area contributed by atoms with Crippen molar-refractivity contribution in [2.45, 2.75) is 25.7 Å². The molecule has 2 heterocycles. The van der Waals surface area contributed by atoms with Crippen LogP contribution in [0.25, 0.3) is 11.0 Å². The minimum Gasteiger partial charge on any atom is -0.437 e. The molecule has 0 radical (unpaired) electrons. The van der Waals surface area contributed by atoms with Gasteiger partial charge in [0.1, 0.15) is 22.2 Å².